The van der Waals surface area contributed by atoms with Crippen LogP contribution in [-0.4, -0.2) is 102 Å². The van der Waals surface area contributed by atoms with Crippen molar-refractivity contribution in [2.24, 2.45) is 23.7 Å². The number of carbonyl (C=O) groups excluding carboxylic acids is 3. The molecule has 344 valence electrons. The van der Waals surface area contributed by atoms with Gasteiger partial charge in [0.25, 0.3) is 0 Å². The Kier molecular flexibility index (Phi) is 17.0. The zero-order valence-electron chi connectivity index (χ0n) is 38.5. The molecule has 0 bridgehead atoms. The quantitative estimate of drug-likeness (QED) is 0.0510. The number of aromatic hydroxyl groups is 2. The van der Waals surface area contributed by atoms with Crippen LogP contribution in [0.3, 0.4) is 0 Å². The lowest BCUT2D eigenvalue weighted by atomic mass is 9.62. The van der Waals surface area contributed by atoms with E-state index in [0.29, 0.717) is 84.7 Å². The lowest BCUT2D eigenvalue weighted by Gasteiger charge is -2.48. The number of likely N-dealkylation sites (tertiary alicyclic amines) is 2. The molecule has 0 saturated carbocycles. The van der Waals surface area contributed by atoms with Crippen molar-refractivity contribution in [1.29, 1.82) is 0 Å². The van der Waals surface area contributed by atoms with E-state index in [-0.39, 0.29) is 28.8 Å². The Morgan fingerprint density at radius 1 is 0.578 bits per heavy atom. The molecule has 4 aromatic rings. The van der Waals surface area contributed by atoms with Gasteiger partial charge < -0.3 is 30.6 Å². The number of halogens is 2. The zero-order valence-corrected chi connectivity index (χ0v) is 38.5. The van der Waals surface area contributed by atoms with Gasteiger partial charge in [-0.15, -0.1) is 0 Å². The van der Waals surface area contributed by atoms with Crippen molar-refractivity contribution in [3.63, 3.8) is 0 Å². The van der Waals surface area contributed by atoms with Crippen LogP contribution >= 0.6 is 0 Å². The number of nitrogens with zero attached hydrogens (tertiary/aromatic N) is 2. The van der Waals surface area contributed by atoms with E-state index in [1.807, 2.05) is 12.1 Å². The molecular weight excluding hydrogens is 811 g/mol. The third-order valence-corrected chi connectivity index (χ3v) is 13.5. The lowest BCUT2D eigenvalue weighted by molar-refractivity contribution is -0.133. The summed E-state index contributed by atoms with van der Waals surface area (Å²) < 4.78 is 31.5. The van der Waals surface area contributed by atoms with E-state index in [4.69, 9.17) is 0 Å². The number of benzene rings is 4. The summed E-state index contributed by atoms with van der Waals surface area (Å²) in [5.74, 6) is -6.33. The predicted octanol–water partition coefficient (Wildman–Crippen LogP) is 8.85. The SMILES string of the molecule is Cc1c(F)cccc1[C@H]1[C@@H](C(=O)c2cccc(O)c2)CN(CCCCNC(C)C)C[C@H]1C(=O)[C@@H]1CN(CCCCNC(C)C)C[C@H](C(=O)c2cccc(O)c2)[C@@H]1c1cccc(F)c1C. The van der Waals surface area contributed by atoms with Gasteiger partial charge >= 0.3 is 0 Å². The summed E-state index contributed by atoms with van der Waals surface area (Å²) in [6, 6.07) is 22.8. The number of unbranched alkanes of at least 4 members (excludes halogenated alkanes) is 2. The highest BCUT2D eigenvalue weighted by molar-refractivity contribution is 6.01. The maximum Gasteiger partial charge on any atom is 0.167 e. The first-order valence-electron chi connectivity index (χ1n) is 23.3. The molecule has 0 aromatic heterocycles. The van der Waals surface area contributed by atoms with Crippen LogP contribution < -0.4 is 10.6 Å². The molecular formula is C53H68F2N4O5. The molecule has 0 spiro atoms. The van der Waals surface area contributed by atoms with E-state index in [2.05, 4.69) is 48.1 Å². The van der Waals surface area contributed by atoms with Crippen molar-refractivity contribution in [2.45, 2.75) is 91.1 Å². The van der Waals surface area contributed by atoms with Gasteiger partial charge in [-0.3, -0.25) is 14.4 Å². The fraction of sp³-hybridized carbons (Fsp3) is 0.491. The first kappa shape index (κ1) is 48.6. The third kappa shape index (κ3) is 11.9. The topological polar surface area (TPSA) is 122 Å². The Hall–Kier alpha value is -4.81. The van der Waals surface area contributed by atoms with Gasteiger partial charge in [0.2, 0.25) is 0 Å². The van der Waals surface area contributed by atoms with Crippen molar-refractivity contribution < 1.29 is 33.4 Å². The molecule has 4 N–H and O–H groups in total. The minimum atomic E-state index is -0.817. The fourth-order valence-corrected chi connectivity index (χ4v) is 10.2. The van der Waals surface area contributed by atoms with Crippen LogP contribution in [0.25, 0.3) is 0 Å². The predicted molar refractivity (Wildman–Crippen MR) is 249 cm³/mol. The van der Waals surface area contributed by atoms with E-state index >= 15 is 13.6 Å². The molecule has 2 fully saturated rings. The molecule has 2 aliphatic heterocycles. The van der Waals surface area contributed by atoms with Gasteiger partial charge in [-0.25, -0.2) is 8.78 Å². The second-order valence-corrected chi connectivity index (χ2v) is 18.8. The van der Waals surface area contributed by atoms with Gasteiger partial charge in [0.15, 0.2) is 11.6 Å². The summed E-state index contributed by atoms with van der Waals surface area (Å²) in [6.45, 7) is 15.9. The molecule has 2 aliphatic rings. The van der Waals surface area contributed by atoms with Gasteiger partial charge in [-0.1, -0.05) is 76.2 Å². The molecule has 2 saturated heterocycles. The first-order chi connectivity index (χ1) is 30.6. The van der Waals surface area contributed by atoms with Gasteiger partial charge in [-0.05, 0) is 124 Å². The molecule has 6 rings (SSSR count). The highest BCUT2D eigenvalue weighted by Crippen LogP contribution is 2.48. The van der Waals surface area contributed by atoms with E-state index in [1.54, 1.807) is 50.2 Å². The number of phenolic OH excluding ortho intramolecular Hbond substituents is 2. The monoisotopic (exact) mass is 879 g/mol. The Labute approximate surface area is 378 Å². The molecule has 0 amide bonds. The Morgan fingerprint density at radius 2 is 0.953 bits per heavy atom. The second-order valence-electron chi connectivity index (χ2n) is 18.8. The van der Waals surface area contributed by atoms with Crippen molar-refractivity contribution in [1.82, 2.24) is 20.4 Å². The molecule has 0 unspecified atom stereocenters. The maximum absolute atomic E-state index is 16.3. The van der Waals surface area contributed by atoms with Crippen LogP contribution in [0.15, 0.2) is 84.9 Å². The van der Waals surface area contributed by atoms with Gasteiger partial charge in [0, 0.05) is 84.9 Å². The molecule has 64 heavy (non-hydrogen) atoms. The smallest absolute Gasteiger partial charge is 0.167 e. The van der Waals surface area contributed by atoms with Crippen molar-refractivity contribution in [3.8, 4) is 11.5 Å². The Bertz CT molecular complexity index is 2080. The standard InChI is InChI=1S/C53H68F2N4O5/c1-33(2)56-23-7-9-25-58-29-43(51(62)37-15-11-17-39(60)27-37)49(41-19-13-21-47(54)35(41)5)45(31-58)53(64)46-32-59(26-10-8-24-57-34(3)4)30-44(52(63)38-16-12-18-40(61)28-38)50(46)42-20-14-22-48(55)36(42)6/h11-22,27-28,33-34,43-46,49-50,56-57,60-61H,7-10,23-26,29-32H2,1-6H3/t43-,44-,45+,46+,49-,50-/m0/s1. The summed E-state index contributed by atoms with van der Waals surface area (Å²) in [4.78, 5) is 50.6. The summed E-state index contributed by atoms with van der Waals surface area (Å²) in [5, 5.41) is 28.0. The largest absolute Gasteiger partial charge is 0.508 e. The third-order valence-electron chi connectivity index (χ3n) is 13.5. The average Bonchev–Trinajstić information content (AvgIpc) is 3.26. The van der Waals surface area contributed by atoms with E-state index in [1.165, 1.54) is 36.4 Å². The molecule has 9 nitrogen and oxygen atoms in total. The van der Waals surface area contributed by atoms with Crippen molar-refractivity contribution in [3.05, 3.63) is 130 Å². The molecule has 6 atom stereocenters. The number of carbonyl (C=O) groups is 3. The van der Waals surface area contributed by atoms with Crippen LogP contribution in [0, 0.1) is 49.2 Å². The number of hydrogen-bond donors (Lipinski definition) is 4. The van der Waals surface area contributed by atoms with E-state index in [0.717, 1.165) is 38.8 Å². The number of phenols is 2. The normalized spacial score (nSPS) is 22.0. The number of hydrogen-bond acceptors (Lipinski definition) is 9. The number of ketones is 3. The zero-order chi connectivity index (χ0) is 46.1. The summed E-state index contributed by atoms with van der Waals surface area (Å²) in [5.41, 5.74) is 2.49. The Morgan fingerprint density at radius 3 is 1.33 bits per heavy atom. The number of Topliss-reactive ketones (excluding diaryl/α,β-unsaturated/α-hetero) is 3. The highest BCUT2D eigenvalue weighted by atomic mass is 19.1. The summed E-state index contributed by atoms with van der Waals surface area (Å²) >= 11 is 0. The highest BCUT2D eigenvalue weighted by Gasteiger charge is 2.51. The molecule has 2 heterocycles. The van der Waals surface area contributed by atoms with Gasteiger partial charge in [-0.2, -0.15) is 0 Å². The van der Waals surface area contributed by atoms with Crippen molar-refractivity contribution in [2.75, 3.05) is 52.4 Å². The number of rotatable bonds is 20. The minimum Gasteiger partial charge on any atom is -0.508 e. The molecule has 4 aromatic carbocycles. The molecule has 11 heteroatoms. The van der Waals surface area contributed by atoms with Crippen LogP contribution in [0.2, 0.25) is 0 Å². The van der Waals surface area contributed by atoms with Crippen LogP contribution in [-0.2, 0) is 4.79 Å². The summed E-state index contributed by atoms with van der Waals surface area (Å²) in [6.07, 6.45) is 3.39. The Balaban J connectivity index is 1.50. The van der Waals surface area contributed by atoms with Gasteiger partial charge in [0.05, 0.1) is 0 Å². The van der Waals surface area contributed by atoms with Crippen LogP contribution in [0.5, 0.6) is 11.5 Å². The van der Waals surface area contributed by atoms with Crippen LogP contribution in [0.4, 0.5) is 8.78 Å². The minimum absolute atomic E-state index is 0.0553. The molecule has 0 radical (unpaired) electrons. The number of nitrogens with one attached hydrogen (secondary N) is 2. The van der Waals surface area contributed by atoms with Crippen molar-refractivity contribution >= 4 is 17.3 Å². The molecule has 0 aliphatic carbocycles. The number of piperidine rings is 2. The van der Waals surface area contributed by atoms with Crippen LogP contribution in [0.1, 0.15) is 108 Å². The average molecular weight is 879 g/mol. The second kappa shape index (κ2) is 22.4. The lowest BCUT2D eigenvalue weighted by Crippen LogP contribution is -2.56. The van der Waals surface area contributed by atoms with E-state index < -0.39 is 47.1 Å². The van der Waals surface area contributed by atoms with Gasteiger partial charge in [0.1, 0.15) is 28.9 Å². The fourth-order valence-electron chi connectivity index (χ4n) is 10.2. The summed E-state index contributed by atoms with van der Waals surface area (Å²) in [7, 11) is 0. The first-order valence-corrected chi connectivity index (χ1v) is 23.3. The maximum atomic E-state index is 16.3. The van der Waals surface area contributed by atoms with E-state index in [9.17, 15) is 19.8 Å².